The van der Waals surface area contributed by atoms with Crippen LogP contribution in [0.15, 0.2) is 55.3 Å². The number of aryl methyl sites for hydroxylation is 1. The molecule has 1 amide bonds. The predicted molar refractivity (Wildman–Crippen MR) is 180 cm³/mol. The van der Waals surface area contributed by atoms with Crippen molar-refractivity contribution in [1.29, 1.82) is 0 Å². The van der Waals surface area contributed by atoms with E-state index in [0.29, 0.717) is 56.0 Å². The molecule has 0 aliphatic carbocycles. The first-order chi connectivity index (χ1) is 21.2. The number of methoxy groups -OCH3 is 2. The van der Waals surface area contributed by atoms with Crippen LogP contribution in [0.25, 0.3) is 22.0 Å². The average Bonchev–Trinajstić information content (AvgIpc) is 3.02. The van der Waals surface area contributed by atoms with Crippen molar-refractivity contribution in [2.45, 2.75) is 19.8 Å². The number of piperidine rings is 1. The Kier molecular flexibility index (Phi) is 9.78. The van der Waals surface area contributed by atoms with Crippen LogP contribution in [0.4, 0.5) is 23.0 Å². The Balaban J connectivity index is 1.59. The summed E-state index contributed by atoms with van der Waals surface area (Å²) in [6, 6.07) is 11.2. The number of carbonyl (C=O) groups is 1. The summed E-state index contributed by atoms with van der Waals surface area (Å²) in [6.07, 6.45) is 5.23. The maximum absolute atomic E-state index is 12.1. The van der Waals surface area contributed by atoms with E-state index in [-0.39, 0.29) is 5.91 Å². The number of benzene rings is 2. The molecule has 0 saturated carbocycles. The van der Waals surface area contributed by atoms with Gasteiger partial charge in [0.1, 0.15) is 23.1 Å². The Morgan fingerprint density at radius 1 is 1.11 bits per heavy atom. The number of nitrogens with one attached hydrogen (secondary N) is 3. The summed E-state index contributed by atoms with van der Waals surface area (Å²) in [5.74, 6) is 2.35. The zero-order valence-corrected chi connectivity index (χ0v) is 26.8. The molecule has 0 atom stereocenters. The molecule has 1 saturated heterocycles. The zero-order valence-electron chi connectivity index (χ0n) is 25.3. The largest absolute Gasteiger partial charge is 0.495 e. The first kappa shape index (κ1) is 31.4. The van der Waals surface area contributed by atoms with Gasteiger partial charge in [0.15, 0.2) is 0 Å². The SMILES string of the molecule is C=CC(=O)Nc1cccc(C)c1Nc1cc2c(NCC3CCN(C)CC3)nc(-c3c(Cl)c(OC)cc(OC)c3Cl)cc2cn1. The highest BCUT2D eigenvalue weighted by atomic mass is 35.5. The van der Waals surface area contributed by atoms with Gasteiger partial charge in [-0.2, -0.15) is 0 Å². The number of nitrogens with zero attached hydrogens (tertiary/aromatic N) is 3. The molecular weight excluding hydrogens is 599 g/mol. The molecule has 5 rings (SSSR count). The number of para-hydroxylation sites is 1. The van der Waals surface area contributed by atoms with Gasteiger partial charge in [0.2, 0.25) is 5.91 Å². The summed E-state index contributed by atoms with van der Waals surface area (Å²) in [4.78, 5) is 24.2. The lowest BCUT2D eigenvalue weighted by Gasteiger charge is -2.29. The third kappa shape index (κ3) is 6.70. The minimum Gasteiger partial charge on any atom is -0.495 e. The van der Waals surface area contributed by atoms with E-state index in [4.69, 9.17) is 42.6 Å². The van der Waals surface area contributed by atoms with E-state index in [2.05, 4.69) is 34.5 Å². The van der Waals surface area contributed by atoms with Gasteiger partial charge in [-0.15, -0.1) is 0 Å². The summed E-state index contributed by atoms with van der Waals surface area (Å²) < 4.78 is 11.0. The number of pyridine rings is 2. The molecule has 1 fully saturated rings. The number of ether oxygens (including phenoxy) is 2. The highest BCUT2D eigenvalue weighted by Gasteiger charge is 2.22. The number of rotatable bonds is 10. The van der Waals surface area contributed by atoms with Gasteiger partial charge >= 0.3 is 0 Å². The Morgan fingerprint density at radius 2 is 1.82 bits per heavy atom. The number of likely N-dealkylation sites (tertiary alicyclic amines) is 1. The highest BCUT2D eigenvalue weighted by Crippen LogP contribution is 2.46. The second kappa shape index (κ2) is 13.7. The number of aromatic nitrogens is 2. The molecular formula is C33H36Cl2N6O3. The fraction of sp³-hybridized carbons (Fsp3) is 0.303. The summed E-state index contributed by atoms with van der Waals surface area (Å²) in [7, 11) is 5.24. The smallest absolute Gasteiger partial charge is 0.247 e. The fourth-order valence-electron chi connectivity index (χ4n) is 5.34. The Bertz CT molecular complexity index is 1680. The van der Waals surface area contributed by atoms with Crippen molar-refractivity contribution in [3.8, 4) is 22.8 Å². The van der Waals surface area contributed by atoms with Crippen molar-refractivity contribution in [2.75, 3.05) is 56.9 Å². The standard InChI is InChI=1S/C33H36Cl2N6O3/c1-6-28(42)38-23-9-7-8-19(2)32(23)40-27-15-22-21(18-36-27)14-24(29-30(34)25(43-4)16-26(44-5)31(29)35)39-33(22)37-17-20-10-12-41(3)13-11-20/h6-9,14-16,18,20H,1,10-13,17H2,2-5H3,(H,36,40)(H,37,39)(H,38,42). The minimum atomic E-state index is -0.297. The highest BCUT2D eigenvalue weighted by molar-refractivity contribution is 6.41. The summed E-state index contributed by atoms with van der Waals surface area (Å²) >= 11 is 13.6. The monoisotopic (exact) mass is 634 g/mol. The van der Waals surface area contributed by atoms with Crippen molar-refractivity contribution in [1.82, 2.24) is 14.9 Å². The number of amides is 1. The van der Waals surface area contributed by atoms with E-state index in [1.165, 1.54) is 6.08 Å². The number of hydrogen-bond acceptors (Lipinski definition) is 8. The molecule has 230 valence electrons. The quantitative estimate of drug-likeness (QED) is 0.154. The molecule has 3 heterocycles. The lowest BCUT2D eigenvalue weighted by Crippen LogP contribution is -2.33. The first-order valence-corrected chi connectivity index (χ1v) is 15.1. The summed E-state index contributed by atoms with van der Waals surface area (Å²) in [6.45, 7) is 8.42. The van der Waals surface area contributed by atoms with Gasteiger partial charge < -0.3 is 30.3 Å². The third-order valence-electron chi connectivity index (χ3n) is 7.91. The second-order valence-electron chi connectivity index (χ2n) is 10.9. The summed E-state index contributed by atoms with van der Waals surface area (Å²) in [5.41, 5.74) is 3.38. The minimum absolute atomic E-state index is 0.297. The van der Waals surface area contributed by atoms with E-state index < -0.39 is 0 Å². The lowest BCUT2D eigenvalue weighted by atomic mass is 9.97. The van der Waals surface area contributed by atoms with Crippen molar-refractivity contribution in [2.24, 2.45) is 5.92 Å². The van der Waals surface area contributed by atoms with Gasteiger partial charge in [-0.25, -0.2) is 9.97 Å². The van der Waals surface area contributed by atoms with Gasteiger partial charge in [-0.1, -0.05) is 41.9 Å². The van der Waals surface area contributed by atoms with E-state index in [1.54, 1.807) is 26.5 Å². The van der Waals surface area contributed by atoms with Gasteiger partial charge in [0.25, 0.3) is 0 Å². The maximum atomic E-state index is 12.1. The Hall–Kier alpha value is -4.05. The lowest BCUT2D eigenvalue weighted by molar-refractivity contribution is -0.111. The zero-order chi connectivity index (χ0) is 31.4. The molecule has 2 aromatic heterocycles. The fourth-order valence-corrected chi connectivity index (χ4v) is 6.04. The van der Waals surface area contributed by atoms with Crippen LogP contribution in [0.2, 0.25) is 10.0 Å². The predicted octanol–water partition coefficient (Wildman–Crippen LogP) is 7.55. The van der Waals surface area contributed by atoms with Crippen molar-refractivity contribution in [3.63, 3.8) is 0 Å². The van der Waals surface area contributed by atoms with E-state index >= 15 is 0 Å². The normalized spacial score (nSPS) is 13.9. The molecule has 3 N–H and O–H groups in total. The molecule has 0 bridgehead atoms. The van der Waals surface area contributed by atoms with Crippen LogP contribution in [-0.2, 0) is 4.79 Å². The van der Waals surface area contributed by atoms with Crippen LogP contribution >= 0.6 is 23.2 Å². The number of carbonyl (C=O) groups excluding carboxylic acids is 1. The molecule has 4 aromatic rings. The maximum Gasteiger partial charge on any atom is 0.247 e. The van der Waals surface area contributed by atoms with Gasteiger partial charge in [-0.05, 0) is 75.7 Å². The van der Waals surface area contributed by atoms with Crippen molar-refractivity contribution < 1.29 is 14.3 Å². The molecule has 2 aromatic carbocycles. The number of fused-ring (bicyclic) bond motifs is 1. The van der Waals surface area contributed by atoms with E-state index in [9.17, 15) is 4.79 Å². The third-order valence-corrected chi connectivity index (χ3v) is 8.66. The molecule has 0 unspecified atom stereocenters. The molecule has 9 nitrogen and oxygen atoms in total. The topological polar surface area (TPSA) is 101 Å². The van der Waals surface area contributed by atoms with E-state index in [1.807, 2.05) is 37.3 Å². The van der Waals surface area contributed by atoms with Crippen molar-refractivity contribution >= 4 is 62.9 Å². The van der Waals surface area contributed by atoms with Crippen LogP contribution in [-0.4, -0.2) is 61.7 Å². The van der Waals surface area contributed by atoms with Crippen LogP contribution in [0.1, 0.15) is 18.4 Å². The van der Waals surface area contributed by atoms with Crippen LogP contribution in [0, 0.1) is 12.8 Å². The molecule has 1 aliphatic heterocycles. The van der Waals surface area contributed by atoms with Crippen molar-refractivity contribution in [3.05, 3.63) is 70.9 Å². The first-order valence-electron chi connectivity index (χ1n) is 14.4. The number of anilines is 4. The number of halogens is 2. The van der Waals surface area contributed by atoms with Gasteiger partial charge in [0.05, 0.1) is 41.3 Å². The molecule has 44 heavy (non-hydrogen) atoms. The number of hydrogen-bond donors (Lipinski definition) is 3. The molecule has 0 spiro atoms. The second-order valence-corrected chi connectivity index (χ2v) is 11.6. The Labute approximate surface area is 267 Å². The van der Waals surface area contributed by atoms with Crippen LogP contribution in [0.5, 0.6) is 11.5 Å². The molecule has 0 radical (unpaired) electrons. The van der Waals surface area contributed by atoms with Gasteiger partial charge in [0, 0.05) is 35.1 Å². The summed E-state index contributed by atoms with van der Waals surface area (Å²) in [5, 5.41) is 12.3. The molecule has 1 aliphatic rings. The van der Waals surface area contributed by atoms with E-state index in [0.717, 1.165) is 54.5 Å². The Morgan fingerprint density at radius 3 is 2.48 bits per heavy atom. The average molecular weight is 636 g/mol. The molecule has 11 heteroatoms. The van der Waals surface area contributed by atoms with Crippen LogP contribution in [0.3, 0.4) is 0 Å². The van der Waals surface area contributed by atoms with Crippen LogP contribution < -0.4 is 25.4 Å². The van der Waals surface area contributed by atoms with Gasteiger partial charge in [-0.3, -0.25) is 4.79 Å².